The second-order valence-corrected chi connectivity index (χ2v) is 12.4. The Morgan fingerprint density at radius 2 is 1.07 bits per heavy atom. The lowest BCUT2D eigenvalue weighted by molar-refractivity contribution is 0.00675. The van der Waals surface area contributed by atoms with Gasteiger partial charge < -0.3 is 9.47 Å². The van der Waals surface area contributed by atoms with Crippen molar-refractivity contribution in [3.63, 3.8) is 0 Å². The van der Waals surface area contributed by atoms with Crippen molar-refractivity contribution >= 4 is 5.78 Å². The Kier molecular flexibility index (Phi) is 15.6. The van der Waals surface area contributed by atoms with Crippen LogP contribution in [0.1, 0.15) is 152 Å². The van der Waals surface area contributed by atoms with Crippen LogP contribution in [-0.4, -0.2) is 25.6 Å². The van der Waals surface area contributed by atoms with Crippen molar-refractivity contribution in [2.75, 3.05) is 19.8 Å². The van der Waals surface area contributed by atoms with Crippen LogP contribution in [0.3, 0.4) is 0 Å². The molecule has 0 saturated heterocycles. The number of hydrogen-bond donors (Lipinski definition) is 0. The quantitative estimate of drug-likeness (QED) is 0.102. The van der Waals surface area contributed by atoms with Gasteiger partial charge in [0.1, 0.15) is 5.75 Å². The molecular weight excluding hydrogens is 504 g/mol. The van der Waals surface area contributed by atoms with Crippen LogP contribution >= 0.6 is 0 Å². The molecule has 0 N–H and O–H groups in total. The molecule has 0 unspecified atom stereocenters. The van der Waals surface area contributed by atoms with Crippen molar-refractivity contribution in [1.29, 1.82) is 0 Å². The first-order valence-electron chi connectivity index (χ1n) is 17.1. The molecule has 0 atom stereocenters. The van der Waals surface area contributed by atoms with E-state index < -0.39 is 0 Å². The molecule has 0 radical (unpaired) electrons. The van der Waals surface area contributed by atoms with E-state index in [-0.39, 0.29) is 11.2 Å². The molecule has 2 aromatic carbocycles. The highest BCUT2D eigenvalue weighted by molar-refractivity contribution is 6.21. The van der Waals surface area contributed by atoms with Gasteiger partial charge >= 0.3 is 0 Å². The van der Waals surface area contributed by atoms with Crippen LogP contribution in [0.4, 0.5) is 0 Å². The summed E-state index contributed by atoms with van der Waals surface area (Å²) >= 11 is 0. The third-order valence-corrected chi connectivity index (χ3v) is 9.29. The van der Waals surface area contributed by atoms with Crippen LogP contribution in [0.2, 0.25) is 0 Å². The zero-order valence-electron chi connectivity index (χ0n) is 26.6. The number of carbonyl (C=O) groups is 1. The van der Waals surface area contributed by atoms with Crippen LogP contribution in [0.5, 0.6) is 5.75 Å². The predicted molar refractivity (Wildman–Crippen MR) is 174 cm³/mol. The van der Waals surface area contributed by atoms with Gasteiger partial charge in [0.05, 0.1) is 13.2 Å². The minimum absolute atomic E-state index is 0.00103. The lowest BCUT2D eigenvalue weighted by atomic mass is 9.84. The molecule has 3 nitrogen and oxygen atoms in total. The Morgan fingerprint density at radius 3 is 1.63 bits per heavy atom. The van der Waals surface area contributed by atoms with Crippen LogP contribution < -0.4 is 4.74 Å². The molecule has 3 heteroatoms. The van der Waals surface area contributed by atoms with Crippen molar-refractivity contribution in [2.24, 2.45) is 5.41 Å². The van der Waals surface area contributed by atoms with Gasteiger partial charge in [0.15, 0.2) is 5.78 Å². The normalized spacial score (nSPS) is 12.5. The molecule has 0 amide bonds. The number of carbonyl (C=O) groups excluding carboxylic acids is 1. The van der Waals surface area contributed by atoms with E-state index in [2.05, 4.69) is 20.8 Å². The van der Waals surface area contributed by atoms with Crippen molar-refractivity contribution in [1.82, 2.24) is 0 Å². The first kappa shape index (κ1) is 33.4. The average molecular weight is 563 g/mol. The van der Waals surface area contributed by atoms with Gasteiger partial charge in [-0.15, -0.1) is 0 Å². The molecule has 0 saturated carbocycles. The van der Waals surface area contributed by atoms with Gasteiger partial charge in [-0.2, -0.15) is 0 Å². The topological polar surface area (TPSA) is 35.5 Å². The summed E-state index contributed by atoms with van der Waals surface area (Å²) in [5, 5.41) is 0. The molecule has 1 aliphatic carbocycles. The SMILES string of the molecule is CCCCCCCCCCCCCCCCCCOCC(CC)(CC)COc1ccc2c(c1)C(=O)c1ccccc1-2. The largest absolute Gasteiger partial charge is 0.493 e. The fourth-order valence-electron chi connectivity index (χ4n) is 6.07. The van der Waals surface area contributed by atoms with E-state index in [4.69, 9.17) is 9.47 Å². The van der Waals surface area contributed by atoms with E-state index in [1.807, 2.05) is 42.5 Å². The van der Waals surface area contributed by atoms with E-state index in [0.29, 0.717) is 6.61 Å². The summed E-state index contributed by atoms with van der Waals surface area (Å²) < 4.78 is 12.5. The highest BCUT2D eigenvalue weighted by atomic mass is 16.5. The third kappa shape index (κ3) is 10.9. The summed E-state index contributed by atoms with van der Waals surface area (Å²) in [5.41, 5.74) is 3.58. The van der Waals surface area contributed by atoms with Gasteiger partial charge in [-0.05, 0) is 48.6 Å². The standard InChI is InChI=1S/C38H58O3/c1-4-7-8-9-10-11-12-13-14-15-16-17-18-19-20-23-28-40-30-38(5-2,6-3)31-41-32-26-27-34-33-24-21-22-25-35(33)37(39)36(34)29-32/h21-22,24-27,29H,4-20,23,28,30-31H2,1-3H3. The van der Waals surface area contributed by atoms with Gasteiger partial charge in [-0.3, -0.25) is 4.79 Å². The summed E-state index contributed by atoms with van der Waals surface area (Å²) in [6, 6.07) is 13.8. The van der Waals surface area contributed by atoms with E-state index in [1.165, 1.54) is 96.3 Å². The summed E-state index contributed by atoms with van der Waals surface area (Å²) in [6.45, 7) is 8.93. The molecule has 0 aliphatic heterocycles. The van der Waals surface area contributed by atoms with Crippen molar-refractivity contribution in [2.45, 2.75) is 136 Å². The maximum Gasteiger partial charge on any atom is 0.194 e. The van der Waals surface area contributed by atoms with E-state index in [0.717, 1.165) is 60.5 Å². The minimum Gasteiger partial charge on any atom is -0.493 e. The second-order valence-electron chi connectivity index (χ2n) is 12.4. The summed E-state index contributed by atoms with van der Waals surface area (Å²) in [5.74, 6) is 0.870. The molecular formula is C38H58O3. The number of rotatable bonds is 24. The number of unbranched alkanes of at least 4 members (excludes halogenated alkanes) is 15. The molecule has 3 rings (SSSR count). The Bertz CT molecular complexity index is 1010. The third-order valence-electron chi connectivity index (χ3n) is 9.29. The molecule has 0 heterocycles. The lowest BCUT2D eigenvalue weighted by Gasteiger charge is -2.31. The molecule has 0 spiro atoms. The Labute approximate surface area is 251 Å². The highest BCUT2D eigenvalue weighted by Crippen LogP contribution is 2.38. The maximum absolute atomic E-state index is 12.9. The molecule has 228 valence electrons. The second kappa shape index (κ2) is 19.1. The monoisotopic (exact) mass is 562 g/mol. The summed E-state index contributed by atoms with van der Waals surface area (Å²) in [7, 11) is 0. The van der Waals surface area contributed by atoms with E-state index >= 15 is 0 Å². The number of fused-ring (bicyclic) bond motifs is 3. The maximum atomic E-state index is 12.9. The van der Waals surface area contributed by atoms with Gasteiger partial charge in [0, 0.05) is 23.1 Å². The summed E-state index contributed by atoms with van der Waals surface area (Å²) in [4.78, 5) is 12.9. The predicted octanol–water partition coefficient (Wildman–Crippen LogP) is 11.4. The molecule has 41 heavy (non-hydrogen) atoms. The number of benzene rings is 2. The van der Waals surface area contributed by atoms with E-state index in [1.54, 1.807) is 0 Å². The van der Waals surface area contributed by atoms with Crippen molar-refractivity contribution in [3.8, 4) is 16.9 Å². The van der Waals surface area contributed by atoms with Crippen molar-refractivity contribution < 1.29 is 14.3 Å². The number of ether oxygens (including phenoxy) is 2. The molecule has 0 fully saturated rings. The minimum atomic E-state index is 0.00103. The van der Waals surface area contributed by atoms with Crippen LogP contribution in [0.25, 0.3) is 11.1 Å². The summed E-state index contributed by atoms with van der Waals surface area (Å²) in [6.07, 6.45) is 24.2. The number of ketones is 1. The van der Waals surface area contributed by atoms with Crippen LogP contribution in [0, 0.1) is 5.41 Å². The Hall–Kier alpha value is -2.13. The molecule has 2 aromatic rings. The van der Waals surface area contributed by atoms with Crippen LogP contribution in [0.15, 0.2) is 42.5 Å². The first-order chi connectivity index (χ1) is 20.1. The van der Waals surface area contributed by atoms with Crippen LogP contribution in [-0.2, 0) is 4.74 Å². The lowest BCUT2D eigenvalue weighted by Crippen LogP contribution is -2.32. The highest BCUT2D eigenvalue weighted by Gasteiger charge is 2.29. The Morgan fingerprint density at radius 1 is 0.561 bits per heavy atom. The zero-order chi connectivity index (χ0) is 29.2. The first-order valence-corrected chi connectivity index (χ1v) is 17.1. The number of hydrogen-bond acceptors (Lipinski definition) is 3. The van der Waals surface area contributed by atoms with Crippen molar-refractivity contribution in [3.05, 3.63) is 53.6 Å². The van der Waals surface area contributed by atoms with Gasteiger partial charge in [-0.25, -0.2) is 0 Å². The van der Waals surface area contributed by atoms with Gasteiger partial charge in [-0.1, -0.05) is 141 Å². The fraction of sp³-hybridized carbons (Fsp3) is 0.658. The van der Waals surface area contributed by atoms with Gasteiger partial charge in [0.25, 0.3) is 0 Å². The molecule has 0 aromatic heterocycles. The zero-order valence-corrected chi connectivity index (χ0v) is 26.6. The average Bonchev–Trinajstić information content (AvgIpc) is 3.29. The smallest absolute Gasteiger partial charge is 0.194 e. The molecule has 0 bridgehead atoms. The van der Waals surface area contributed by atoms with E-state index in [9.17, 15) is 4.79 Å². The molecule has 1 aliphatic rings. The fourth-order valence-corrected chi connectivity index (χ4v) is 6.07. The Balaban J connectivity index is 1.22. The van der Waals surface area contributed by atoms with Gasteiger partial charge in [0.2, 0.25) is 0 Å².